The van der Waals surface area contributed by atoms with Crippen LogP contribution in [-0.4, -0.2) is 30.1 Å². The van der Waals surface area contributed by atoms with Crippen LogP contribution in [0.4, 0.5) is 4.39 Å². The summed E-state index contributed by atoms with van der Waals surface area (Å²) < 4.78 is 12.7. The van der Waals surface area contributed by atoms with Gasteiger partial charge in [0, 0.05) is 12.6 Å². The largest absolute Gasteiger partial charge is 0.387 e. The van der Waals surface area contributed by atoms with Crippen molar-refractivity contribution in [2.75, 3.05) is 13.1 Å². The molecule has 19 heavy (non-hydrogen) atoms. The number of hydrogen-bond acceptors (Lipinski definition) is 3. The van der Waals surface area contributed by atoms with E-state index in [9.17, 15) is 14.3 Å². The van der Waals surface area contributed by atoms with Gasteiger partial charge >= 0.3 is 0 Å². The molecule has 1 fully saturated rings. The molecular formula is C13H18ClFN2O2. The molecule has 106 valence electrons. The van der Waals surface area contributed by atoms with Gasteiger partial charge in [0.1, 0.15) is 5.82 Å². The lowest BCUT2D eigenvalue weighted by atomic mass is 10.1. The van der Waals surface area contributed by atoms with E-state index in [0.29, 0.717) is 11.6 Å². The number of carbonyl (C=O) groups is 1. The van der Waals surface area contributed by atoms with Crippen LogP contribution in [0, 0.1) is 5.82 Å². The third-order valence-corrected chi connectivity index (χ3v) is 2.88. The van der Waals surface area contributed by atoms with Crippen molar-refractivity contribution in [2.45, 2.75) is 25.0 Å². The Labute approximate surface area is 117 Å². The number of rotatable bonds is 6. The molecule has 0 heterocycles. The number of amides is 1. The Morgan fingerprint density at radius 3 is 2.58 bits per heavy atom. The third kappa shape index (κ3) is 5.55. The minimum Gasteiger partial charge on any atom is -0.387 e. The van der Waals surface area contributed by atoms with Gasteiger partial charge in [-0.05, 0) is 30.5 Å². The van der Waals surface area contributed by atoms with Gasteiger partial charge in [0.15, 0.2) is 0 Å². The van der Waals surface area contributed by atoms with Gasteiger partial charge in [0.2, 0.25) is 5.91 Å². The lowest BCUT2D eigenvalue weighted by Gasteiger charge is -2.12. The Morgan fingerprint density at radius 1 is 1.37 bits per heavy atom. The number of benzene rings is 1. The van der Waals surface area contributed by atoms with Gasteiger partial charge < -0.3 is 15.7 Å². The average Bonchev–Trinajstić information content (AvgIpc) is 3.18. The fourth-order valence-electron chi connectivity index (χ4n) is 1.60. The normalized spacial score (nSPS) is 15.5. The first kappa shape index (κ1) is 15.9. The molecular weight excluding hydrogens is 271 g/mol. The molecule has 3 N–H and O–H groups in total. The van der Waals surface area contributed by atoms with Crippen LogP contribution in [0.25, 0.3) is 0 Å². The van der Waals surface area contributed by atoms with Crippen molar-refractivity contribution >= 4 is 18.3 Å². The zero-order valence-corrected chi connectivity index (χ0v) is 11.3. The van der Waals surface area contributed by atoms with Gasteiger partial charge in [-0.2, -0.15) is 0 Å². The minimum absolute atomic E-state index is 0. The van der Waals surface area contributed by atoms with Crippen LogP contribution in [0.15, 0.2) is 24.3 Å². The number of hydrogen-bond donors (Lipinski definition) is 3. The molecule has 0 aliphatic heterocycles. The zero-order valence-electron chi connectivity index (χ0n) is 10.4. The first-order chi connectivity index (χ1) is 8.65. The van der Waals surface area contributed by atoms with Crippen LogP contribution in [0.2, 0.25) is 0 Å². The van der Waals surface area contributed by atoms with E-state index >= 15 is 0 Å². The fraction of sp³-hybridized carbons (Fsp3) is 0.462. The molecule has 6 heteroatoms. The van der Waals surface area contributed by atoms with E-state index in [-0.39, 0.29) is 37.2 Å². The molecule has 1 aliphatic carbocycles. The summed E-state index contributed by atoms with van der Waals surface area (Å²) in [5, 5.41) is 15.5. The fourth-order valence-corrected chi connectivity index (χ4v) is 1.60. The molecule has 0 radical (unpaired) electrons. The topological polar surface area (TPSA) is 61.4 Å². The molecule has 0 saturated heterocycles. The first-order valence-corrected chi connectivity index (χ1v) is 6.09. The van der Waals surface area contributed by atoms with Gasteiger partial charge in [-0.15, -0.1) is 12.4 Å². The predicted molar refractivity (Wildman–Crippen MR) is 72.6 cm³/mol. The van der Waals surface area contributed by atoms with Crippen molar-refractivity contribution in [1.29, 1.82) is 0 Å². The highest BCUT2D eigenvalue weighted by atomic mass is 35.5. The highest BCUT2D eigenvalue weighted by Crippen LogP contribution is 2.18. The zero-order chi connectivity index (χ0) is 13.0. The van der Waals surface area contributed by atoms with Crippen LogP contribution < -0.4 is 10.6 Å². The second kappa shape index (κ2) is 7.43. The van der Waals surface area contributed by atoms with Crippen LogP contribution >= 0.6 is 12.4 Å². The molecule has 0 aromatic heterocycles. The Bertz CT molecular complexity index is 410. The number of nitrogens with one attached hydrogen (secondary N) is 2. The smallest absolute Gasteiger partial charge is 0.234 e. The number of aliphatic hydroxyl groups excluding tert-OH is 1. The minimum atomic E-state index is -0.810. The summed E-state index contributed by atoms with van der Waals surface area (Å²) in [5.74, 6) is -0.480. The van der Waals surface area contributed by atoms with Crippen molar-refractivity contribution in [3.8, 4) is 0 Å². The SMILES string of the molecule is Cl.O=C(CNC1CC1)NCC(O)c1ccc(F)cc1. The molecule has 1 aromatic carbocycles. The monoisotopic (exact) mass is 288 g/mol. The second-order valence-electron chi connectivity index (χ2n) is 4.53. The summed E-state index contributed by atoms with van der Waals surface area (Å²) in [6.07, 6.45) is 1.45. The first-order valence-electron chi connectivity index (χ1n) is 6.09. The standard InChI is InChI=1S/C13H17FN2O2.ClH/c14-10-3-1-9(2-4-10)12(17)7-16-13(18)8-15-11-5-6-11;/h1-4,11-12,15,17H,5-8H2,(H,16,18);1H. The quantitative estimate of drug-likeness (QED) is 0.736. The maximum Gasteiger partial charge on any atom is 0.234 e. The maximum atomic E-state index is 12.7. The molecule has 1 unspecified atom stereocenters. The van der Waals surface area contributed by atoms with E-state index < -0.39 is 6.10 Å². The summed E-state index contributed by atoms with van der Waals surface area (Å²) in [4.78, 5) is 11.4. The van der Waals surface area contributed by atoms with Crippen molar-refractivity contribution in [1.82, 2.24) is 10.6 Å². The summed E-state index contributed by atoms with van der Waals surface area (Å²) in [5.41, 5.74) is 0.590. The Hall–Kier alpha value is -1.17. The van der Waals surface area contributed by atoms with Crippen LogP contribution in [0.5, 0.6) is 0 Å². The average molecular weight is 289 g/mol. The molecule has 1 saturated carbocycles. The van der Waals surface area contributed by atoms with Crippen molar-refractivity contribution in [2.24, 2.45) is 0 Å². The highest BCUT2D eigenvalue weighted by Gasteiger charge is 2.21. The van der Waals surface area contributed by atoms with Crippen molar-refractivity contribution in [3.63, 3.8) is 0 Å². The van der Waals surface area contributed by atoms with Gasteiger partial charge in [0.25, 0.3) is 0 Å². The Kier molecular flexibility index (Phi) is 6.21. The third-order valence-electron chi connectivity index (χ3n) is 2.88. The summed E-state index contributed by atoms with van der Waals surface area (Å²) in [7, 11) is 0. The van der Waals surface area contributed by atoms with E-state index in [1.807, 2.05) is 0 Å². The van der Waals surface area contributed by atoms with E-state index in [1.54, 1.807) is 0 Å². The number of aliphatic hydroxyl groups is 1. The van der Waals surface area contributed by atoms with E-state index in [0.717, 1.165) is 12.8 Å². The number of carbonyl (C=O) groups excluding carboxylic acids is 1. The molecule has 1 aliphatic rings. The van der Waals surface area contributed by atoms with Crippen LogP contribution in [-0.2, 0) is 4.79 Å². The molecule has 0 spiro atoms. The molecule has 1 atom stereocenters. The van der Waals surface area contributed by atoms with Gasteiger partial charge in [-0.3, -0.25) is 4.79 Å². The maximum absolute atomic E-state index is 12.7. The highest BCUT2D eigenvalue weighted by molar-refractivity contribution is 5.85. The van der Waals surface area contributed by atoms with Gasteiger partial charge in [-0.25, -0.2) is 4.39 Å². The summed E-state index contributed by atoms with van der Waals surface area (Å²) >= 11 is 0. The lowest BCUT2D eigenvalue weighted by molar-refractivity contribution is -0.120. The summed E-state index contributed by atoms with van der Waals surface area (Å²) in [6.45, 7) is 0.414. The van der Waals surface area contributed by atoms with E-state index in [2.05, 4.69) is 10.6 Å². The molecule has 4 nitrogen and oxygen atoms in total. The molecule has 1 amide bonds. The van der Waals surface area contributed by atoms with Crippen LogP contribution in [0.3, 0.4) is 0 Å². The molecule has 0 bridgehead atoms. The van der Waals surface area contributed by atoms with Gasteiger partial charge in [0.05, 0.1) is 12.6 Å². The van der Waals surface area contributed by atoms with Crippen molar-refractivity contribution in [3.05, 3.63) is 35.6 Å². The van der Waals surface area contributed by atoms with Crippen LogP contribution in [0.1, 0.15) is 24.5 Å². The van der Waals surface area contributed by atoms with E-state index in [1.165, 1.54) is 24.3 Å². The van der Waals surface area contributed by atoms with E-state index in [4.69, 9.17) is 0 Å². The second-order valence-corrected chi connectivity index (χ2v) is 4.53. The Balaban J connectivity index is 0.00000180. The van der Waals surface area contributed by atoms with Crippen molar-refractivity contribution < 1.29 is 14.3 Å². The number of halogens is 2. The summed E-state index contributed by atoms with van der Waals surface area (Å²) in [6, 6.07) is 6.07. The molecule has 2 rings (SSSR count). The Morgan fingerprint density at radius 2 is 2.00 bits per heavy atom. The predicted octanol–water partition coefficient (Wildman–Crippen LogP) is 1.15. The lowest BCUT2D eigenvalue weighted by Crippen LogP contribution is -2.36. The van der Waals surface area contributed by atoms with Gasteiger partial charge in [-0.1, -0.05) is 12.1 Å². The molecule has 1 aromatic rings.